The third-order valence-corrected chi connectivity index (χ3v) is 2.51. The number of hydrogen-bond acceptors (Lipinski definition) is 3. The number of carboxylic acid groups (broad SMARTS) is 1. The molecule has 6 nitrogen and oxygen atoms in total. The quantitative estimate of drug-likeness (QED) is 0.699. The summed E-state index contributed by atoms with van der Waals surface area (Å²) in [7, 11) is 0. The van der Waals surface area contributed by atoms with E-state index in [0.717, 1.165) is 5.69 Å². The Morgan fingerprint density at radius 3 is 2.59 bits per heavy atom. The molecule has 0 radical (unpaired) electrons. The molecule has 1 aromatic heterocycles. The summed E-state index contributed by atoms with van der Waals surface area (Å²) in [5.41, 5.74) is 6.74. The van der Waals surface area contributed by atoms with Crippen molar-refractivity contribution in [3.05, 3.63) is 23.0 Å². The Kier molecular flexibility index (Phi) is 4.28. The zero-order chi connectivity index (χ0) is 13.0. The third-order valence-electron chi connectivity index (χ3n) is 2.51. The number of aromatic carboxylic acids is 1. The van der Waals surface area contributed by atoms with Crippen molar-refractivity contribution in [2.24, 2.45) is 5.73 Å². The summed E-state index contributed by atoms with van der Waals surface area (Å²) in [6.45, 7) is 4.26. The van der Waals surface area contributed by atoms with Gasteiger partial charge in [0, 0.05) is 17.9 Å². The minimum atomic E-state index is -0.942. The topological polar surface area (TPSA) is 94.5 Å². The van der Waals surface area contributed by atoms with E-state index in [4.69, 9.17) is 15.6 Å². The third kappa shape index (κ3) is 3.32. The molecule has 94 valence electrons. The molecule has 0 atom stereocenters. The molecule has 0 saturated heterocycles. The first-order valence-corrected chi connectivity index (χ1v) is 5.19. The van der Waals surface area contributed by atoms with Gasteiger partial charge in [0.05, 0.1) is 12.2 Å². The molecule has 0 unspecified atom stereocenters. The molecular formula is C11H16N2O4. The first-order chi connectivity index (χ1) is 7.93. The van der Waals surface area contributed by atoms with Gasteiger partial charge in [-0.3, -0.25) is 4.79 Å². The van der Waals surface area contributed by atoms with Crippen molar-refractivity contribution in [1.29, 1.82) is 0 Å². The summed E-state index contributed by atoms with van der Waals surface area (Å²) >= 11 is 0. The lowest BCUT2D eigenvalue weighted by Crippen LogP contribution is -2.20. The number of carbonyl (C=O) groups excluding carboxylic acids is 1. The van der Waals surface area contributed by atoms with Crippen LogP contribution < -0.4 is 5.73 Å². The first-order valence-electron chi connectivity index (χ1n) is 5.19. The van der Waals surface area contributed by atoms with Crippen LogP contribution in [0, 0.1) is 13.8 Å². The average molecular weight is 240 g/mol. The second-order valence-electron chi connectivity index (χ2n) is 3.76. The van der Waals surface area contributed by atoms with E-state index in [9.17, 15) is 9.59 Å². The molecule has 1 aromatic rings. The minimum Gasteiger partial charge on any atom is -0.478 e. The number of nitrogens with zero attached hydrogens (tertiary/aromatic N) is 1. The molecule has 17 heavy (non-hydrogen) atoms. The van der Waals surface area contributed by atoms with E-state index in [0.29, 0.717) is 18.8 Å². The Balaban J connectivity index is 2.65. The van der Waals surface area contributed by atoms with Crippen LogP contribution in [0.2, 0.25) is 0 Å². The number of ether oxygens (including phenoxy) is 1. The molecule has 0 aliphatic carbocycles. The van der Waals surface area contributed by atoms with Crippen LogP contribution in [0.4, 0.5) is 0 Å². The highest BCUT2D eigenvalue weighted by Gasteiger charge is 2.14. The van der Waals surface area contributed by atoms with Crippen molar-refractivity contribution >= 4 is 11.9 Å². The van der Waals surface area contributed by atoms with Gasteiger partial charge in [-0.1, -0.05) is 0 Å². The number of carbonyl (C=O) groups is 2. The SMILES string of the molecule is Cc1cc(C(=O)O)c(C)n1CCOCC(N)=O. The number of aromatic nitrogens is 1. The molecule has 3 N–H and O–H groups in total. The fourth-order valence-corrected chi connectivity index (χ4v) is 1.69. The molecule has 0 aliphatic heterocycles. The number of rotatable bonds is 6. The van der Waals surface area contributed by atoms with E-state index in [1.54, 1.807) is 13.0 Å². The van der Waals surface area contributed by atoms with Crippen molar-refractivity contribution in [2.75, 3.05) is 13.2 Å². The molecule has 0 fully saturated rings. The maximum Gasteiger partial charge on any atom is 0.337 e. The molecule has 0 spiro atoms. The lowest BCUT2D eigenvalue weighted by atomic mass is 10.2. The van der Waals surface area contributed by atoms with E-state index in [1.165, 1.54) is 0 Å². The molecule has 0 bridgehead atoms. The molecule has 1 rings (SSSR count). The van der Waals surface area contributed by atoms with Gasteiger partial charge >= 0.3 is 5.97 Å². The highest BCUT2D eigenvalue weighted by molar-refractivity contribution is 5.89. The van der Waals surface area contributed by atoms with Crippen molar-refractivity contribution in [2.45, 2.75) is 20.4 Å². The van der Waals surface area contributed by atoms with Crippen LogP contribution in [0.15, 0.2) is 6.07 Å². The number of amides is 1. The predicted octanol–water partition coefficient (Wildman–Crippen LogP) is 0.305. The highest BCUT2D eigenvalue weighted by atomic mass is 16.5. The second-order valence-corrected chi connectivity index (χ2v) is 3.76. The Morgan fingerprint density at radius 2 is 2.12 bits per heavy atom. The van der Waals surface area contributed by atoms with Crippen molar-refractivity contribution in [1.82, 2.24) is 4.57 Å². The van der Waals surface area contributed by atoms with Crippen LogP contribution in [0.3, 0.4) is 0 Å². The van der Waals surface area contributed by atoms with Gasteiger partial charge in [-0.25, -0.2) is 4.79 Å². The molecule has 0 aliphatic rings. The number of primary amides is 1. The van der Waals surface area contributed by atoms with Gasteiger partial charge in [0.1, 0.15) is 6.61 Å². The van der Waals surface area contributed by atoms with E-state index in [1.807, 2.05) is 11.5 Å². The van der Waals surface area contributed by atoms with Gasteiger partial charge in [-0.15, -0.1) is 0 Å². The average Bonchev–Trinajstić information content (AvgIpc) is 2.50. The summed E-state index contributed by atoms with van der Waals surface area (Å²) < 4.78 is 6.87. The number of carboxylic acids is 1. The Bertz CT molecular complexity index is 437. The maximum atomic E-state index is 10.9. The first kappa shape index (κ1) is 13.2. The molecule has 1 amide bonds. The highest BCUT2D eigenvalue weighted by Crippen LogP contribution is 2.14. The molecular weight excluding hydrogens is 224 g/mol. The van der Waals surface area contributed by atoms with Crippen LogP contribution in [-0.2, 0) is 16.1 Å². The van der Waals surface area contributed by atoms with Gasteiger partial charge in [0.15, 0.2) is 0 Å². The van der Waals surface area contributed by atoms with Crippen LogP contribution in [-0.4, -0.2) is 34.8 Å². The van der Waals surface area contributed by atoms with Gasteiger partial charge < -0.3 is 20.1 Å². The normalized spacial score (nSPS) is 10.5. The van der Waals surface area contributed by atoms with Gasteiger partial charge in [-0.05, 0) is 19.9 Å². The van der Waals surface area contributed by atoms with Crippen molar-refractivity contribution in [3.63, 3.8) is 0 Å². The summed E-state index contributed by atoms with van der Waals surface area (Å²) in [5.74, 6) is -1.46. The van der Waals surface area contributed by atoms with E-state index in [-0.39, 0.29) is 12.2 Å². The summed E-state index contributed by atoms with van der Waals surface area (Å²) in [6, 6.07) is 1.62. The van der Waals surface area contributed by atoms with Gasteiger partial charge in [0.25, 0.3) is 0 Å². The molecule has 0 saturated carbocycles. The van der Waals surface area contributed by atoms with Gasteiger partial charge in [0.2, 0.25) is 5.91 Å². The van der Waals surface area contributed by atoms with E-state index >= 15 is 0 Å². The van der Waals surface area contributed by atoms with E-state index < -0.39 is 11.9 Å². The smallest absolute Gasteiger partial charge is 0.337 e. The standard InChI is InChI=1S/C11H16N2O4/c1-7-5-9(11(15)16)8(2)13(7)3-4-17-6-10(12)14/h5H,3-4,6H2,1-2H3,(H2,12,14)(H,15,16). The molecule has 0 aromatic carbocycles. The summed E-state index contributed by atoms with van der Waals surface area (Å²) in [6.07, 6.45) is 0. The van der Waals surface area contributed by atoms with Crippen molar-refractivity contribution < 1.29 is 19.4 Å². The fourth-order valence-electron chi connectivity index (χ4n) is 1.69. The van der Waals surface area contributed by atoms with Crippen LogP contribution in [0.5, 0.6) is 0 Å². The monoisotopic (exact) mass is 240 g/mol. The largest absolute Gasteiger partial charge is 0.478 e. The van der Waals surface area contributed by atoms with E-state index in [2.05, 4.69) is 0 Å². The lowest BCUT2D eigenvalue weighted by Gasteiger charge is -2.09. The Morgan fingerprint density at radius 1 is 1.47 bits per heavy atom. The van der Waals surface area contributed by atoms with Crippen LogP contribution >= 0.6 is 0 Å². The summed E-state index contributed by atoms with van der Waals surface area (Å²) in [5, 5.41) is 8.94. The predicted molar refractivity (Wildman–Crippen MR) is 60.9 cm³/mol. The minimum absolute atomic E-state index is 0.120. The van der Waals surface area contributed by atoms with Crippen LogP contribution in [0.25, 0.3) is 0 Å². The Hall–Kier alpha value is -1.82. The lowest BCUT2D eigenvalue weighted by molar-refractivity contribution is -0.122. The summed E-state index contributed by atoms with van der Waals surface area (Å²) in [4.78, 5) is 21.4. The zero-order valence-electron chi connectivity index (χ0n) is 9.90. The Labute approximate surface area is 99.0 Å². The molecule has 6 heteroatoms. The molecule has 1 heterocycles. The van der Waals surface area contributed by atoms with Crippen LogP contribution in [0.1, 0.15) is 21.7 Å². The van der Waals surface area contributed by atoms with Crippen molar-refractivity contribution in [3.8, 4) is 0 Å². The maximum absolute atomic E-state index is 10.9. The number of aryl methyl sites for hydroxylation is 1. The van der Waals surface area contributed by atoms with Gasteiger partial charge in [-0.2, -0.15) is 0 Å². The zero-order valence-corrected chi connectivity index (χ0v) is 9.90. The number of nitrogens with two attached hydrogens (primary N) is 1. The second kappa shape index (κ2) is 5.49. The number of hydrogen-bond donors (Lipinski definition) is 2. The fraction of sp³-hybridized carbons (Fsp3) is 0.455.